The molecule has 0 amide bonds. The minimum atomic E-state index is -1.61. The molecule has 0 radical (unpaired) electrons. The van der Waals surface area contributed by atoms with Gasteiger partial charge in [-0.1, -0.05) is 130 Å². The Hall–Kier alpha value is -2.80. The first-order chi connectivity index (χ1) is 30.5. The van der Waals surface area contributed by atoms with E-state index in [0.29, 0.717) is 11.8 Å². The Labute approximate surface area is 390 Å². The van der Waals surface area contributed by atoms with Crippen molar-refractivity contribution in [3.05, 3.63) is 174 Å². The van der Waals surface area contributed by atoms with Gasteiger partial charge in [0.05, 0.1) is 17.0 Å². The Kier molecular flexibility index (Phi) is 19.1. The number of anilines is 2. The van der Waals surface area contributed by atoms with Gasteiger partial charge in [-0.3, -0.25) is 0 Å². The van der Waals surface area contributed by atoms with Gasteiger partial charge in [0.25, 0.3) is 0 Å². The number of halogens is 2. The molecular formula is C56H71Cl2N2PRu. The van der Waals surface area contributed by atoms with Crippen LogP contribution in [0.25, 0.3) is 0 Å². The minimum absolute atomic E-state index is 0.0465. The maximum absolute atomic E-state index is 5.67. The van der Waals surface area contributed by atoms with Gasteiger partial charge < -0.3 is 9.80 Å². The molecule has 5 aromatic rings. The SMILES string of the molecule is C1CCC([PH+](C2CCCCC2)C2CCCCC2)CC1.CC(c1ccccc1)c1ccccc1N1[CH-]N(c2ccccc2C(C)c2ccccc2)CC1.[Cl][Ru]([Cl])=[CH]c1ccccc1. The van der Waals surface area contributed by atoms with Crippen LogP contribution >= 0.6 is 27.3 Å². The molecule has 0 bridgehead atoms. The summed E-state index contributed by atoms with van der Waals surface area (Å²) in [5.74, 6) is 0.686. The number of para-hydroxylation sites is 2. The van der Waals surface area contributed by atoms with Gasteiger partial charge in [0.2, 0.25) is 0 Å². The van der Waals surface area contributed by atoms with Crippen LogP contribution in [-0.2, 0) is 13.5 Å². The molecule has 2 atom stereocenters. The second kappa shape index (κ2) is 25.0. The van der Waals surface area contributed by atoms with Crippen LogP contribution in [0.15, 0.2) is 140 Å². The molecule has 0 N–H and O–H groups in total. The first kappa shape index (κ1) is 47.2. The summed E-state index contributed by atoms with van der Waals surface area (Å²) in [6, 6.07) is 49.1. The van der Waals surface area contributed by atoms with Crippen molar-refractivity contribution in [3.8, 4) is 0 Å². The molecule has 3 saturated carbocycles. The molecule has 1 heterocycles. The van der Waals surface area contributed by atoms with Crippen molar-refractivity contribution in [3.63, 3.8) is 0 Å². The first-order valence-corrected chi connectivity index (χ1v) is 31.1. The predicted octanol–water partition coefficient (Wildman–Crippen LogP) is 16.4. The molecule has 0 spiro atoms. The Balaban J connectivity index is 0.000000166. The fraction of sp³-hybridized carbons (Fsp3) is 0.429. The monoisotopic (exact) mass is 974 g/mol. The molecule has 2 nitrogen and oxygen atoms in total. The van der Waals surface area contributed by atoms with Crippen molar-refractivity contribution in [2.75, 3.05) is 22.9 Å². The average Bonchev–Trinajstić information content (AvgIpc) is 3.84. The fourth-order valence-electron chi connectivity index (χ4n) is 10.9. The van der Waals surface area contributed by atoms with Gasteiger partial charge in [-0.25, -0.2) is 0 Å². The van der Waals surface area contributed by atoms with Crippen molar-refractivity contribution < 1.29 is 13.5 Å². The molecule has 5 aromatic carbocycles. The van der Waals surface area contributed by atoms with Gasteiger partial charge in [0.1, 0.15) is 0 Å². The molecule has 3 aliphatic carbocycles. The van der Waals surface area contributed by atoms with Crippen molar-refractivity contribution in [2.24, 2.45) is 0 Å². The Morgan fingerprint density at radius 2 is 0.823 bits per heavy atom. The van der Waals surface area contributed by atoms with Gasteiger partial charge in [-0.15, -0.1) is 0 Å². The normalized spacial score (nSPS) is 18.8. The van der Waals surface area contributed by atoms with Crippen LogP contribution < -0.4 is 9.80 Å². The molecule has 1 saturated heterocycles. The molecule has 9 rings (SSSR count). The summed E-state index contributed by atoms with van der Waals surface area (Å²) in [6.45, 7) is 8.87. The Bertz CT molecular complexity index is 1920. The maximum atomic E-state index is 5.67. The summed E-state index contributed by atoms with van der Waals surface area (Å²) < 4.78 is 1.92. The number of hydrogen-bond acceptors (Lipinski definition) is 2. The third-order valence-electron chi connectivity index (χ3n) is 14.1. The number of benzene rings is 5. The van der Waals surface area contributed by atoms with E-state index >= 15 is 0 Å². The van der Waals surface area contributed by atoms with Crippen LogP contribution in [0.5, 0.6) is 0 Å². The summed E-state index contributed by atoms with van der Waals surface area (Å²) in [6.07, 6.45) is 23.8. The van der Waals surface area contributed by atoms with Crippen LogP contribution in [0.3, 0.4) is 0 Å². The van der Waals surface area contributed by atoms with Crippen molar-refractivity contribution in [1.82, 2.24) is 0 Å². The van der Waals surface area contributed by atoms with Crippen LogP contribution in [0.2, 0.25) is 0 Å². The van der Waals surface area contributed by atoms with E-state index in [1.54, 1.807) is 96.3 Å². The molecule has 62 heavy (non-hydrogen) atoms. The van der Waals surface area contributed by atoms with E-state index in [0.717, 1.165) is 18.7 Å². The standard InChI is InChI=1S/C31H31N2.C18H33P.C7H6.2ClH.Ru/c1-24(26-13-5-3-6-14-26)28-17-9-11-19-30(28)32-21-22-33(23-32)31-20-12-10-18-29(31)25(2)27-15-7-4-8-16-27;1-4-10-16(11-5-1)19(17-12-6-2-7-13-17)18-14-8-3-9-15-18;1-7-5-3-2-4-6-7;;;/h3-20,23-25H,21-22H2,1-2H3;16-18H,1-15H2;1-6H;2*1H;/q-1;;;;;+2/p-1. The van der Waals surface area contributed by atoms with E-state index in [2.05, 4.69) is 140 Å². The predicted molar refractivity (Wildman–Crippen MR) is 272 cm³/mol. The molecule has 332 valence electrons. The zero-order valence-electron chi connectivity index (χ0n) is 37.3. The molecule has 6 heteroatoms. The number of rotatable bonds is 10. The number of hydrogen-bond donors (Lipinski definition) is 0. The van der Waals surface area contributed by atoms with Crippen LogP contribution in [-0.4, -0.2) is 34.7 Å². The molecule has 4 aliphatic rings. The van der Waals surface area contributed by atoms with Crippen molar-refractivity contribution >= 4 is 43.3 Å². The van der Waals surface area contributed by atoms with Gasteiger partial charge in [0, 0.05) is 44.2 Å². The van der Waals surface area contributed by atoms with Crippen LogP contribution in [0, 0.1) is 6.67 Å². The zero-order valence-corrected chi connectivity index (χ0v) is 41.6. The quantitative estimate of drug-likeness (QED) is 0.0782. The average molecular weight is 975 g/mol. The molecule has 2 unspecified atom stereocenters. The van der Waals surface area contributed by atoms with E-state index < -0.39 is 13.5 Å². The molecule has 0 aromatic heterocycles. The third-order valence-corrected chi connectivity index (χ3v) is 20.5. The Morgan fingerprint density at radius 3 is 1.19 bits per heavy atom. The van der Waals surface area contributed by atoms with Gasteiger partial charge >= 0.3 is 73.4 Å². The van der Waals surface area contributed by atoms with E-state index in [9.17, 15) is 0 Å². The summed E-state index contributed by atoms with van der Waals surface area (Å²) in [5.41, 5.74) is 12.8. The Morgan fingerprint density at radius 1 is 0.484 bits per heavy atom. The van der Waals surface area contributed by atoms with Gasteiger partial charge in [-0.05, 0) is 111 Å². The van der Waals surface area contributed by atoms with Crippen LogP contribution in [0.1, 0.15) is 150 Å². The second-order valence-electron chi connectivity index (χ2n) is 18.1. The first-order valence-electron chi connectivity index (χ1n) is 23.9. The second-order valence-corrected chi connectivity index (χ2v) is 27.3. The van der Waals surface area contributed by atoms with Gasteiger partial charge in [0.15, 0.2) is 0 Å². The summed E-state index contributed by atoms with van der Waals surface area (Å²) in [5, 5.41) is 0. The van der Waals surface area contributed by atoms with E-state index in [1.807, 2.05) is 34.9 Å². The molecule has 4 fully saturated rings. The van der Waals surface area contributed by atoms with E-state index in [-0.39, 0.29) is 7.92 Å². The summed E-state index contributed by atoms with van der Waals surface area (Å²) in [4.78, 5) is 4.83. The summed E-state index contributed by atoms with van der Waals surface area (Å²) in [7, 11) is 11.3. The summed E-state index contributed by atoms with van der Waals surface area (Å²) >= 11 is -1.61. The van der Waals surface area contributed by atoms with Gasteiger partial charge in [-0.2, -0.15) is 6.67 Å². The van der Waals surface area contributed by atoms with Crippen LogP contribution in [0.4, 0.5) is 11.4 Å². The third kappa shape index (κ3) is 13.4. The van der Waals surface area contributed by atoms with E-state index in [4.69, 9.17) is 19.4 Å². The molecule has 1 aliphatic heterocycles. The zero-order chi connectivity index (χ0) is 42.9. The topological polar surface area (TPSA) is 6.48 Å². The van der Waals surface area contributed by atoms with E-state index in [1.165, 1.54) is 50.6 Å². The molecular weight excluding hydrogens is 904 g/mol. The van der Waals surface area contributed by atoms with Crippen molar-refractivity contribution in [2.45, 2.75) is 139 Å². The van der Waals surface area contributed by atoms with Crippen molar-refractivity contribution in [1.29, 1.82) is 0 Å². The fourth-order valence-corrected chi connectivity index (χ4v) is 17.9. The number of nitrogens with zero attached hydrogens (tertiary/aromatic N) is 2.